The first-order valence-corrected chi connectivity index (χ1v) is 11.1. The van der Waals surface area contributed by atoms with E-state index < -0.39 is 0 Å². The SMILES string of the molecule is CCc1nncn1CCNC(=NC)NCc1ccccc1CN1CCN(CC)CC1.I. The Hall–Kier alpha value is -1.72. The van der Waals surface area contributed by atoms with Crippen molar-refractivity contribution < 1.29 is 0 Å². The van der Waals surface area contributed by atoms with E-state index in [1.807, 2.05) is 7.05 Å². The van der Waals surface area contributed by atoms with Crippen LogP contribution in [0.15, 0.2) is 35.6 Å². The summed E-state index contributed by atoms with van der Waals surface area (Å²) in [5.41, 5.74) is 2.72. The summed E-state index contributed by atoms with van der Waals surface area (Å²) in [6.07, 6.45) is 2.67. The number of aliphatic imine (C=N–C) groups is 1. The van der Waals surface area contributed by atoms with Crippen molar-refractivity contribution >= 4 is 29.9 Å². The molecule has 172 valence electrons. The molecule has 0 saturated carbocycles. The van der Waals surface area contributed by atoms with Crippen LogP contribution in [-0.2, 0) is 26.1 Å². The standard InChI is InChI=1S/C22H36N8.HI/c1-4-21-27-26-18-30(21)11-10-24-22(23-3)25-16-19-8-6-7-9-20(19)17-29-14-12-28(5-2)13-15-29;/h6-9,18H,4-5,10-17H2,1-3H3,(H2,23,24,25);1H. The second kappa shape index (κ2) is 13.6. The van der Waals surface area contributed by atoms with E-state index >= 15 is 0 Å². The fourth-order valence-electron chi connectivity index (χ4n) is 3.82. The van der Waals surface area contributed by atoms with Gasteiger partial charge in [-0.25, -0.2) is 0 Å². The van der Waals surface area contributed by atoms with Gasteiger partial charge in [0.1, 0.15) is 12.2 Å². The Morgan fingerprint density at radius 3 is 2.42 bits per heavy atom. The summed E-state index contributed by atoms with van der Waals surface area (Å²) in [6, 6.07) is 8.71. The molecule has 1 fully saturated rings. The van der Waals surface area contributed by atoms with Crippen LogP contribution in [0, 0.1) is 0 Å². The van der Waals surface area contributed by atoms with Gasteiger partial charge in [-0.2, -0.15) is 0 Å². The molecule has 1 aromatic heterocycles. The minimum absolute atomic E-state index is 0. The zero-order valence-corrected chi connectivity index (χ0v) is 21.4. The molecule has 0 aliphatic carbocycles. The Balaban J connectivity index is 0.00000341. The smallest absolute Gasteiger partial charge is 0.191 e. The first-order chi connectivity index (χ1) is 14.7. The van der Waals surface area contributed by atoms with Gasteiger partial charge < -0.3 is 20.1 Å². The van der Waals surface area contributed by atoms with Crippen LogP contribution < -0.4 is 10.6 Å². The number of nitrogens with one attached hydrogen (secondary N) is 2. The molecule has 8 nitrogen and oxygen atoms in total. The normalized spacial score (nSPS) is 15.5. The Kier molecular flexibility index (Phi) is 11.2. The lowest BCUT2D eigenvalue weighted by Crippen LogP contribution is -2.45. The molecule has 2 N–H and O–H groups in total. The van der Waals surface area contributed by atoms with E-state index in [-0.39, 0.29) is 24.0 Å². The van der Waals surface area contributed by atoms with Crippen molar-refractivity contribution in [3.8, 4) is 0 Å². The summed E-state index contributed by atoms with van der Waals surface area (Å²) in [5, 5.41) is 15.0. The lowest BCUT2D eigenvalue weighted by atomic mass is 10.1. The van der Waals surface area contributed by atoms with Gasteiger partial charge in [-0.05, 0) is 17.7 Å². The summed E-state index contributed by atoms with van der Waals surface area (Å²) >= 11 is 0. The quantitative estimate of drug-likeness (QED) is 0.288. The fourth-order valence-corrected chi connectivity index (χ4v) is 3.82. The van der Waals surface area contributed by atoms with Crippen molar-refractivity contribution in [3.63, 3.8) is 0 Å². The van der Waals surface area contributed by atoms with Crippen LogP contribution >= 0.6 is 24.0 Å². The molecule has 0 radical (unpaired) electrons. The maximum atomic E-state index is 4.37. The fraction of sp³-hybridized carbons (Fsp3) is 0.591. The highest BCUT2D eigenvalue weighted by Crippen LogP contribution is 2.13. The van der Waals surface area contributed by atoms with E-state index in [1.54, 1.807) is 6.33 Å². The van der Waals surface area contributed by atoms with Gasteiger partial charge in [0.05, 0.1) is 0 Å². The number of hydrogen-bond acceptors (Lipinski definition) is 5. The maximum Gasteiger partial charge on any atom is 0.191 e. The molecule has 2 aromatic rings. The largest absolute Gasteiger partial charge is 0.355 e. The van der Waals surface area contributed by atoms with Gasteiger partial charge in [-0.3, -0.25) is 9.89 Å². The third-order valence-electron chi connectivity index (χ3n) is 5.75. The van der Waals surface area contributed by atoms with Crippen LogP contribution in [0.3, 0.4) is 0 Å². The van der Waals surface area contributed by atoms with Crippen LogP contribution in [0.2, 0.25) is 0 Å². The summed E-state index contributed by atoms with van der Waals surface area (Å²) < 4.78 is 2.08. The lowest BCUT2D eigenvalue weighted by Gasteiger charge is -2.34. The summed E-state index contributed by atoms with van der Waals surface area (Å²) in [6.45, 7) is 13.5. The maximum absolute atomic E-state index is 4.37. The predicted octanol–water partition coefficient (Wildman–Crippen LogP) is 1.96. The second-order valence-corrected chi connectivity index (χ2v) is 7.63. The van der Waals surface area contributed by atoms with Crippen molar-refractivity contribution in [2.75, 3.05) is 46.3 Å². The van der Waals surface area contributed by atoms with E-state index in [0.717, 1.165) is 64.0 Å². The van der Waals surface area contributed by atoms with Gasteiger partial charge in [0, 0.05) is 65.8 Å². The Morgan fingerprint density at radius 2 is 1.74 bits per heavy atom. The third kappa shape index (κ3) is 7.73. The summed E-state index contributed by atoms with van der Waals surface area (Å²) in [5.74, 6) is 1.82. The predicted molar refractivity (Wildman–Crippen MR) is 137 cm³/mol. The van der Waals surface area contributed by atoms with E-state index in [0.29, 0.717) is 0 Å². The Morgan fingerprint density at radius 1 is 1.03 bits per heavy atom. The molecular weight excluding hydrogens is 503 g/mol. The molecule has 31 heavy (non-hydrogen) atoms. The van der Waals surface area contributed by atoms with Crippen molar-refractivity contribution in [1.29, 1.82) is 0 Å². The van der Waals surface area contributed by atoms with Crippen molar-refractivity contribution in [2.45, 2.75) is 39.9 Å². The zero-order valence-electron chi connectivity index (χ0n) is 19.0. The molecule has 9 heteroatoms. The number of rotatable bonds is 9. The van der Waals surface area contributed by atoms with Crippen LogP contribution in [0.1, 0.15) is 30.8 Å². The minimum atomic E-state index is 0. The molecule has 2 heterocycles. The molecule has 0 amide bonds. The number of likely N-dealkylation sites (N-methyl/N-ethyl adjacent to an activating group) is 1. The monoisotopic (exact) mass is 540 g/mol. The number of aromatic nitrogens is 3. The highest BCUT2D eigenvalue weighted by Gasteiger charge is 2.16. The number of nitrogens with zero attached hydrogens (tertiary/aromatic N) is 6. The molecule has 1 saturated heterocycles. The highest BCUT2D eigenvalue weighted by atomic mass is 127. The molecule has 0 atom stereocenters. The molecule has 0 unspecified atom stereocenters. The average Bonchev–Trinajstić information content (AvgIpc) is 3.25. The van der Waals surface area contributed by atoms with E-state index in [4.69, 9.17) is 0 Å². The average molecular weight is 540 g/mol. The number of benzene rings is 1. The Bertz CT molecular complexity index is 798. The second-order valence-electron chi connectivity index (χ2n) is 7.63. The summed E-state index contributed by atoms with van der Waals surface area (Å²) in [7, 11) is 1.81. The van der Waals surface area contributed by atoms with Gasteiger partial charge in [0.25, 0.3) is 0 Å². The van der Waals surface area contributed by atoms with E-state index in [1.165, 1.54) is 24.2 Å². The molecule has 0 spiro atoms. The van der Waals surface area contributed by atoms with Crippen molar-refractivity contribution in [3.05, 3.63) is 47.5 Å². The number of guanidine groups is 1. The number of halogens is 1. The first kappa shape index (κ1) is 25.5. The van der Waals surface area contributed by atoms with Crippen LogP contribution in [-0.4, -0.2) is 76.8 Å². The Labute approximate surface area is 203 Å². The molecule has 0 bridgehead atoms. The van der Waals surface area contributed by atoms with Crippen LogP contribution in [0.4, 0.5) is 0 Å². The minimum Gasteiger partial charge on any atom is -0.355 e. The van der Waals surface area contributed by atoms with Crippen molar-refractivity contribution in [2.24, 2.45) is 4.99 Å². The van der Waals surface area contributed by atoms with Gasteiger partial charge in [0.15, 0.2) is 5.96 Å². The van der Waals surface area contributed by atoms with Gasteiger partial charge in [-0.15, -0.1) is 34.2 Å². The van der Waals surface area contributed by atoms with E-state index in [9.17, 15) is 0 Å². The third-order valence-corrected chi connectivity index (χ3v) is 5.75. The summed E-state index contributed by atoms with van der Waals surface area (Å²) in [4.78, 5) is 9.44. The highest BCUT2D eigenvalue weighted by molar-refractivity contribution is 14.0. The van der Waals surface area contributed by atoms with Crippen LogP contribution in [0.5, 0.6) is 0 Å². The molecular formula is C22H37IN8. The molecule has 1 aliphatic rings. The van der Waals surface area contributed by atoms with Gasteiger partial charge in [0.2, 0.25) is 0 Å². The van der Waals surface area contributed by atoms with Crippen molar-refractivity contribution in [1.82, 2.24) is 35.2 Å². The van der Waals surface area contributed by atoms with Gasteiger partial charge in [-0.1, -0.05) is 38.1 Å². The topological polar surface area (TPSA) is 73.6 Å². The van der Waals surface area contributed by atoms with Crippen LogP contribution in [0.25, 0.3) is 0 Å². The van der Waals surface area contributed by atoms with E-state index in [2.05, 4.69) is 78.3 Å². The molecule has 1 aromatic carbocycles. The number of aryl methyl sites for hydroxylation is 1. The van der Waals surface area contributed by atoms with Gasteiger partial charge >= 0.3 is 0 Å². The molecule has 1 aliphatic heterocycles. The lowest BCUT2D eigenvalue weighted by molar-refractivity contribution is 0.131. The molecule has 3 rings (SSSR count). The number of hydrogen-bond donors (Lipinski definition) is 2. The first-order valence-electron chi connectivity index (χ1n) is 11.1. The number of piperazine rings is 1. The zero-order chi connectivity index (χ0) is 21.2.